The summed E-state index contributed by atoms with van der Waals surface area (Å²) < 4.78 is 11.8. The van der Waals surface area contributed by atoms with Crippen LogP contribution in [0.15, 0.2) is 71.5 Å². The average molecular weight is 549 g/mol. The quantitative estimate of drug-likeness (QED) is 0.133. The molecule has 1 heterocycles. The van der Waals surface area contributed by atoms with E-state index >= 15 is 0 Å². The number of aromatic carboxylic acids is 1. The van der Waals surface area contributed by atoms with Crippen LogP contribution in [0.1, 0.15) is 40.3 Å². The summed E-state index contributed by atoms with van der Waals surface area (Å²) in [4.78, 5) is 36.3. The smallest absolute Gasteiger partial charge is 0.348 e. The van der Waals surface area contributed by atoms with Gasteiger partial charge < -0.3 is 30.7 Å². The first-order valence-corrected chi connectivity index (χ1v) is 11.7. The van der Waals surface area contributed by atoms with E-state index < -0.39 is 23.7 Å². The van der Waals surface area contributed by atoms with Crippen LogP contribution >= 0.6 is 0 Å². The van der Waals surface area contributed by atoms with Crippen molar-refractivity contribution in [1.82, 2.24) is 14.8 Å². The Morgan fingerprint density at radius 3 is 2.23 bits per heavy atom. The number of aromatic nitrogens is 3. The minimum Gasteiger partial charge on any atom is -0.493 e. The van der Waals surface area contributed by atoms with Crippen LogP contribution < -0.4 is 26.2 Å². The van der Waals surface area contributed by atoms with Gasteiger partial charge in [-0.2, -0.15) is 4.68 Å². The van der Waals surface area contributed by atoms with Crippen LogP contribution in [0.5, 0.6) is 11.5 Å². The molecule has 0 radical (unpaired) electrons. The minimum atomic E-state index is -1.18. The highest BCUT2D eigenvalue weighted by Crippen LogP contribution is 2.33. The molecule has 40 heavy (non-hydrogen) atoms. The zero-order valence-corrected chi connectivity index (χ0v) is 21.8. The van der Waals surface area contributed by atoms with Gasteiger partial charge in [-0.25, -0.2) is 9.59 Å². The first kappa shape index (κ1) is 29.0. The Morgan fingerprint density at radius 1 is 1.02 bits per heavy atom. The number of nitrogens with zero attached hydrogens (tertiary/aromatic N) is 2. The molecule has 0 amide bonds. The molecule has 208 valence electrons. The molecule has 0 saturated heterocycles. The second-order valence-electron chi connectivity index (χ2n) is 8.25. The zero-order valence-electron chi connectivity index (χ0n) is 21.8. The normalized spacial score (nSPS) is 11.0. The maximum Gasteiger partial charge on any atom is 0.348 e. The summed E-state index contributed by atoms with van der Waals surface area (Å²) in [5.41, 5.74) is 6.95. The number of anilines is 1. The van der Waals surface area contributed by atoms with Crippen molar-refractivity contribution >= 4 is 23.5 Å². The molecular weight excluding hydrogens is 520 g/mol. The number of hydrogen-bond donors (Lipinski definition) is 6. The van der Waals surface area contributed by atoms with Gasteiger partial charge in [0.1, 0.15) is 11.9 Å². The average Bonchev–Trinajstić information content (AvgIpc) is 3.32. The van der Waals surface area contributed by atoms with Crippen molar-refractivity contribution in [1.29, 1.82) is 5.41 Å². The molecule has 0 spiro atoms. The van der Waals surface area contributed by atoms with Crippen LogP contribution in [-0.4, -0.2) is 57.0 Å². The fourth-order valence-corrected chi connectivity index (χ4v) is 3.73. The third kappa shape index (κ3) is 6.83. The van der Waals surface area contributed by atoms with Crippen molar-refractivity contribution in [2.75, 3.05) is 19.5 Å². The number of benzene rings is 3. The minimum absolute atomic E-state index is 0.0573. The summed E-state index contributed by atoms with van der Waals surface area (Å²) in [6.45, 7) is 1.08. The second kappa shape index (κ2) is 12.8. The number of rotatable bonds is 9. The lowest BCUT2D eigenvalue weighted by Crippen LogP contribution is -2.18. The lowest BCUT2D eigenvalue weighted by Gasteiger charge is -2.20. The molecule has 0 bridgehead atoms. The summed E-state index contributed by atoms with van der Waals surface area (Å²) in [5, 5.41) is 32.3. The van der Waals surface area contributed by atoms with Gasteiger partial charge in [-0.1, -0.05) is 18.2 Å². The highest BCUT2D eigenvalue weighted by molar-refractivity contribution is 5.95. The molecule has 4 aromatic rings. The van der Waals surface area contributed by atoms with Crippen molar-refractivity contribution in [3.63, 3.8) is 0 Å². The molecule has 13 heteroatoms. The molecule has 1 aromatic heterocycles. The standard InChI is InChI=1S/C25H24N6O5.C2H4O2/c1-35-19-12-9-15(13-20(19)36-2)21(28-16-10-7-14(8-11-16)22(26)27)23-29-25(34)31(30-23)18-6-4-3-5-17(18)24(32)33;1-2(3)4/h3-13,21,28H,1-2H3,(H3,26,27)(H,32,33)(H,29,30,34);1H3,(H,3,4). The van der Waals surface area contributed by atoms with E-state index in [1.54, 1.807) is 54.6 Å². The number of nitrogens with one attached hydrogen (secondary N) is 3. The summed E-state index contributed by atoms with van der Waals surface area (Å²) in [6, 6.07) is 17.6. The number of nitrogens with two attached hydrogens (primary N) is 1. The molecule has 0 aliphatic rings. The number of ether oxygens (including phenoxy) is 2. The first-order valence-electron chi connectivity index (χ1n) is 11.7. The molecule has 13 nitrogen and oxygen atoms in total. The molecule has 0 aliphatic carbocycles. The molecule has 1 unspecified atom stereocenters. The fourth-order valence-electron chi connectivity index (χ4n) is 3.73. The third-order valence-electron chi connectivity index (χ3n) is 5.52. The number of H-pyrrole nitrogens is 1. The van der Waals surface area contributed by atoms with Crippen molar-refractivity contribution in [2.45, 2.75) is 13.0 Å². The number of nitrogen functional groups attached to an aromatic ring is 1. The van der Waals surface area contributed by atoms with Crippen LogP contribution in [0.2, 0.25) is 0 Å². The van der Waals surface area contributed by atoms with Gasteiger partial charge >= 0.3 is 11.7 Å². The van der Waals surface area contributed by atoms with Crippen molar-refractivity contribution in [2.24, 2.45) is 5.73 Å². The number of carboxylic acids is 2. The number of carboxylic acid groups (broad SMARTS) is 2. The summed E-state index contributed by atoms with van der Waals surface area (Å²) in [5.74, 6) is -0.824. The van der Waals surface area contributed by atoms with Crippen molar-refractivity contribution in [3.05, 3.63) is 99.7 Å². The number of hydrogen-bond acceptors (Lipinski definition) is 8. The highest BCUT2D eigenvalue weighted by atomic mass is 16.5. The van der Waals surface area contributed by atoms with E-state index in [0.717, 1.165) is 11.6 Å². The lowest BCUT2D eigenvalue weighted by molar-refractivity contribution is -0.134. The van der Waals surface area contributed by atoms with Gasteiger partial charge in [0.15, 0.2) is 17.3 Å². The lowest BCUT2D eigenvalue weighted by atomic mass is 10.0. The molecule has 4 rings (SSSR count). The molecule has 0 fully saturated rings. The predicted octanol–water partition coefficient (Wildman–Crippen LogP) is 2.85. The Bertz CT molecular complexity index is 1570. The Kier molecular flexibility index (Phi) is 9.25. The monoisotopic (exact) mass is 548 g/mol. The van der Waals surface area contributed by atoms with Crippen LogP contribution in [0.25, 0.3) is 5.69 Å². The summed E-state index contributed by atoms with van der Waals surface area (Å²) in [7, 11) is 3.05. The van der Waals surface area contributed by atoms with Gasteiger partial charge in [0.2, 0.25) is 0 Å². The van der Waals surface area contributed by atoms with E-state index in [2.05, 4.69) is 15.4 Å². The van der Waals surface area contributed by atoms with E-state index in [-0.39, 0.29) is 22.9 Å². The summed E-state index contributed by atoms with van der Waals surface area (Å²) in [6.07, 6.45) is 0. The topological polar surface area (TPSA) is 206 Å². The van der Waals surface area contributed by atoms with Crippen LogP contribution in [0.4, 0.5) is 5.69 Å². The van der Waals surface area contributed by atoms with Gasteiger partial charge in [0.25, 0.3) is 5.97 Å². The zero-order chi connectivity index (χ0) is 29.4. The van der Waals surface area contributed by atoms with Crippen molar-refractivity contribution < 1.29 is 29.3 Å². The number of para-hydroxylation sites is 1. The second-order valence-corrected chi connectivity index (χ2v) is 8.25. The number of carbonyl (C=O) groups is 2. The van der Waals surface area contributed by atoms with Crippen LogP contribution in [0.3, 0.4) is 0 Å². The van der Waals surface area contributed by atoms with E-state index in [0.29, 0.717) is 28.3 Å². The SMILES string of the molecule is CC(=O)O.COc1ccc(C(Nc2ccc(C(=N)N)cc2)c2nn(-c3ccccc3C(=O)O)c(=O)[nH]2)cc1OC. The number of aromatic amines is 1. The van der Waals surface area contributed by atoms with Gasteiger partial charge in [-0.05, 0) is 54.1 Å². The fraction of sp³-hybridized carbons (Fsp3) is 0.148. The number of amidine groups is 1. The van der Waals surface area contributed by atoms with Gasteiger partial charge in [-0.15, -0.1) is 5.10 Å². The molecule has 1 atom stereocenters. The molecular formula is C27H28N6O7. The summed E-state index contributed by atoms with van der Waals surface area (Å²) >= 11 is 0. The third-order valence-corrected chi connectivity index (χ3v) is 5.52. The Hall–Kier alpha value is -5.59. The van der Waals surface area contributed by atoms with Crippen LogP contribution in [0, 0.1) is 5.41 Å². The van der Waals surface area contributed by atoms with E-state index in [9.17, 15) is 14.7 Å². The molecule has 0 saturated carbocycles. The Morgan fingerprint density at radius 2 is 1.65 bits per heavy atom. The Balaban J connectivity index is 0.00000103. The van der Waals surface area contributed by atoms with Crippen molar-refractivity contribution in [3.8, 4) is 17.2 Å². The number of methoxy groups -OCH3 is 2. The Labute approximate surface area is 228 Å². The van der Waals surface area contributed by atoms with Gasteiger partial charge in [0, 0.05) is 18.2 Å². The molecule has 7 N–H and O–H groups in total. The number of aliphatic carboxylic acids is 1. The van der Waals surface area contributed by atoms with Gasteiger partial charge in [-0.3, -0.25) is 15.2 Å². The largest absolute Gasteiger partial charge is 0.493 e. The maximum absolute atomic E-state index is 12.9. The predicted molar refractivity (Wildman–Crippen MR) is 147 cm³/mol. The molecule has 0 aliphatic heterocycles. The highest BCUT2D eigenvalue weighted by Gasteiger charge is 2.23. The van der Waals surface area contributed by atoms with E-state index in [1.165, 1.54) is 26.4 Å². The molecule has 3 aromatic carbocycles. The van der Waals surface area contributed by atoms with E-state index in [4.69, 9.17) is 30.5 Å². The van der Waals surface area contributed by atoms with E-state index in [1.807, 2.05) is 0 Å². The maximum atomic E-state index is 12.9. The van der Waals surface area contributed by atoms with Crippen LogP contribution in [-0.2, 0) is 4.79 Å². The first-order chi connectivity index (χ1) is 19.0. The van der Waals surface area contributed by atoms with Gasteiger partial charge in [0.05, 0.1) is 25.5 Å².